The van der Waals surface area contributed by atoms with Crippen LogP contribution in [0.1, 0.15) is 141 Å². The van der Waals surface area contributed by atoms with Gasteiger partial charge in [0.1, 0.15) is 17.2 Å². The van der Waals surface area contributed by atoms with E-state index in [-0.39, 0.29) is 37.1 Å². The molecule has 6 N–H and O–H groups in total. The molecule has 530 valence electrons. The molecule has 0 unspecified atom stereocenters. The molecule has 0 amide bonds. The fraction of sp³-hybridized carbons (Fsp3) is 0.319. The van der Waals surface area contributed by atoms with Crippen molar-refractivity contribution in [2.75, 3.05) is 95.1 Å². The summed E-state index contributed by atoms with van der Waals surface area (Å²) in [7, 11) is 0. The minimum Gasteiger partial charge on any atom is -0.508 e. The second-order valence-corrected chi connectivity index (χ2v) is 27.9. The Kier molecular flexibility index (Phi) is 26.8. The first kappa shape index (κ1) is 73.9. The van der Waals surface area contributed by atoms with E-state index in [0.29, 0.717) is 31.3 Å². The Morgan fingerprint density at radius 2 is 0.716 bits per heavy atom. The Labute approximate surface area is 606 Å². The lowest BCUT2D eigenvalue weighted by molar-refractivity contribution is 0.209. The lowest BCUT2D eigenvalue weighted by atomic mass is 9.86. The number of piperazine rings is 2. The van der Waals surface area contributed by atoms with Crippen LogP contribution in [0.25, 0.3) is 39.0 Å². The van der Waals surface area contributed by atoms with Gasteiger partial charge in [-0.3, -0.25) is 14.7 Å². The van der Waals surface area contributed by atoms with Crippen molar-refractivity contribution in [1.82, 2.24) is 14.7 Å². The summed E-state index contributed by atoms with van der Waals surface area (Å²) < 4.78 is 0. The van der Waals surface area contributed by atoms with Crippen LogP contribution in [-0.2, 0) is 0 Å². The Hall–Kier alpha value is -9.30. The molecule has 1 saturated carbocycles. The van der Waals surface area contributed by atoms with Gasteiger partial charge in [0.2, 0.25) is 0 Å². The number of aliphatic hydroxyl groups is 3. The Morgan fingerprint density at radius 1 is 0.353 bits per heavy atom. The van der Waals surface area contributed by atoms with Gasteiger partial charge >= 0.3 is 0 Å². The molecule has 102 heavy (non-hydrogen) atoms. The highest BCUT2D eigenvalue weighted by molar-refractivity contribution is 6.01. The topological polar surface area (TPSA) is 138 Å². The molecule has 0 atom stereocenters. The first-order valence-corrected chi connectivity index (χ1v) is 37.2. The second-order valence-electron chi connectivity index (χ2n) is 27.9. The largest absolute Gasteiger partial charge is 0.508 e. The minimum absolute atomic E-state index is 0.144. The van der Waals surface area contributed by atoms with Crippen LogP contribution in [-0.4, -0.2) is 149 Å². The molecule has 11 nitrogen and oxygen atoms in total. The van der Waals surface area contributed by atoms with E-state index in [9.17, 15) is 30.6 Å². The van der Waals surface area contributed by atoms with Crippen LogP contribution >= 0.6 is 0 Å². The molecule has 3 heterocycles. The highest BCUT2D eigenvalue weighted by Crippen LogP contribution is 2.41. The molecule has 9 aromatic rings. The summed E-state index contributed by atoms with van der Waals surface area (Å²) in [6.07, 6.45) is 10.5. The van der Waals surface area contributed by atoms with Crippen LogP contribution in [0.3, 0.4) is 0 Å². The van der Waals surface area contributed by atoms with Gasteiger partial charge in [-0.25, -0.2) is 0 Å². The zero-order valence-electron chi connectivity index (χ0n) is 60.3. The molecule has 3 aliphatic heterocycles. The monoisotopic (exact) mass is 1360 g/mol. The van der Waals surface area contributed by atoms with Crippen LogP contribution in [0.5, 0.6) is 17.2 Å². The fourth-order valence-corrected chi connectivity index (χ4v) is 14.6. The molecule has 9 aromatic carbocycles. The van der Waals surface area contributed by atoms with Gasteiger partial charge in [0.25, 0.3) is 0 Å². The number of aliphatic hydroxyl groups excluding tert-OH is 3. The van der Waals surface area contributed by atoms with Gasteiger partial charge in [-0.1, -0.05) is 182 Å². The van der Waals surface area contributed by atoms with Crippen LogP contribution in [0.4, 0.5) is 11.4 Å². The van der Waals surface area contributed by atoms with E-state index in [1.807, 2.05) is 66.7 Å². The van der Waals surface area contributed by atoms with Crippen molar-refractivity contribution in [3.05, 3.63) is 298 Å². The maximum atomic E-state index is 10.2. The molecule has 0 spiro atoms. The molecule has 11 heteroatoms. The smallest absolute Gasteiger partial charge is 0.116 e. The number of hydrogen-bond acceptors (Lipinski definition) is 11. The van der Waals surface area contributed by atoms with E-state index < -0.39 is 0 Å². The predicted octanol–water partition coefficient (Wildman–Crippen LogP) is 17.7. The summed E-state index contributed by atoms with van der Waals surface area (Å²) in [5.74, 6) is 0.772. The number of phenols is 3. The maximum absolute atomic E-state index is 10.2. The Bertz CT molecular complexity index is 4020. The van der Waals surface area contributed by atoms with Crippen molar-refractivity contribution in [3.8, 4) is 17.2 Å². The summed E-state index contributed by atoms with van der Waals surface area (Å²) in [4.78, 5) is 12.6. The lowest BCUT2D eigenvalue weighted by Crippen LogP contribution is -2.48. The number of hydrogen-bond donors (Lipinski definition) is 6. The van der Waals surface area contributed by atoms with Crippen LogP contribution < -0.4 is 9.80 Å². The Morgan fingerprint density at radius 3 is 1.07 bits per heavy atom. The average molecular weight is 1360 g/mol. The third kappa shape index (κ3) is 19.9. The van der Waals surface area contributed by atoms with E-state index in [1.54, 1.807) is 24.3 Å². The zero-order chi connectivity index (χ0) is 71.2. The number of benzene rings is 9. The van der Waals surface area contributed by atoms with Crippen LogP contribution in [0, 0.1) is 0 Å². The van der Waals surface area contributed by atoms with Gasteiger partial charge in [-0.15, -0.1) is 0 Å². The standard InChI is InChI=1S/C31H35NO2.C30H34N2O2.C30H36N2O2/c1-23(2)32-20-18-25(19-21-32)24-10-12-27(13-11-24)31(28-14-16-29(34)17-15-28)30(9-6-22-33)26-7-4-3-5-8-26;33-21-5-10-29(23-6-2-1-3-7-23)30(25-8-4-9-28(34)22-25)24-11-13-26(14-12-24)31-17-19-32(20-18-31)27-15-16-27;1-23(2)31-17-19-32(20-18-31)27-15-13-25(14-16-27)30(26-10-6-11-28(34)22-26)29(12-7-21-33)24-8-4-3-5-9-24/h3-5,7-8,10-18,23,33-34H,6,9,19-22H2,1-2H3;1-4,6-9,11-14,22,27,33-34H,5,10,15-21H2;3-6,8-11,13-16,22-23,33-34H,7,12,17-21H2,1-2H3/b31-30+;2*30-29+. The molecule has 0 aromatic heterocycles. The fourth-order valence-electron chi connectivity index (χ4n) is 14.6. The average Bonchev–Trinajstić information content (AvgIpc) is 0.838. The van der Waals surface area contributed by atoms with Crippen LogP contribution in [0.2, 0.25) is 0 Å². The summed E-state index contributed by atoms with van der Waals surface area (Å²) in [5.41, 5.74) is 22.0. The number of anilines is 2. The van der Waals surface area contributed by atoms with E-state index in [0.717, 1.165) is 164 Å². The molecular formula is C91H105N5O6. The number of rotatable bonds is 24. The molecular weight excluding hydrogens is 1260 g/mol. The first-order chi connectivity index (χ1) is 49.9. The van der Waals surface area contributed by atoms with Crippen molar-refractivity contribution in [2.45, 2.75) is 104 Å². The van der Waals surface area contributed by atoms with E-state index >= 15 is 0 Å². The highest BCUT2D eigenvalue weighted by atomic mass is 16.3. The van der Waals surface area contributed by atoms with Crippen LogP contribution in [0.15, 0.2) is 243 Å². The normalized spacial score (nSPS) is 16.1. The minimum atomic E-state index is 0.144. The number of aromatic hydroxyl groups is 3. The van der Waals surface area contributed by atoms with Crippen molar-refractivity contribution in [1.29, 1.82) is 0 Å². The molecule has 13 rings (SSSR count). The van der Waals surface area contributed by atoms with Gasteiger partial charge in [-0.2, -0.15) is 0 Å². The van der Waals surface area contributed by atoms with E-state index in [4.69, 9.17) is 0 Å². The maximum Gasteiger partial charge on any atom is 0.116 e. The molecule has 4 aliphatic rings. The van der Waals surface area contributed by atoms with E-state index in [1.165, 1.54) is 52.1 Å². The van der Waals surface area contributed by atoms with Crippen molar-refractivity contribution >= 4 is 50.4 Å². The third-order valence-corrected chi connectivity index (χ3v) is 20.4. The third-order valence-electron chi connectivity index (χ3n) is 20.4. The molecule has 2 saturated heterocycles. The van der Waals surface area contributed by atoms with Crippen molar-refractivity contribution < 1.29 is 30.6 Å². The highest BCUT2D eigenvalue weighted by Gasteiger charge is 2.31. The number of phenolic OH excluding ortho intramolecular Hbond substituents is 3. The van der Waals surface area contributed by atoms with Crippen molar-refractivity contribution in [2.24, 2.45) is 0 Å². The second kappa shape index (κ2) is 37.0. The zero-order valence-corrected chi connectivity index (χ0v) is 60.3. The summed E-state index contributed by atoms with van der Waals surface area (Å²) in [6.45, 7) is 20.3. The molecule has 0 bridgehead atoms. The number of allylic oxidation sites excluding steroid dienone is 3. The van der Waals surface area contributed by atoms with Gasteiger partial charge in [0.15, 0.2) is 0 Å². The number of nitrogens with zero attached hydrogens (tertiary/aromatic N) is 5. The lowest BCUT2D eigenvalue weighted by Gasteiger charge is -2.38. The first-order valence-electron chi connectivity index (χ1n) is 37.2. The Balaban J connectivity index is 0.000000154. The SMILES string of the molecule is CC(C)N1CC=C(c2ccc(/C(=C(/CCCO)c3ccccc3)c3ccc(O)cc3)cc2)CC1.CC(C)N1CCN(c2ccc(/C(=C(/CCCO)c3ccccc3)c3cccc(O)c3)cc2)CC1.OCCC/C(=C(/c1ccc(N2CCN(C3CC3)CC2)cc1)c1cccc(O)c1)c1ccccc1. The van der Waals surface area contributed by atoms with Gasteiger partial charge in [-0.05, 0) is 241 Å². The van der Waals surface area contributed by atoms with E-state index in [2.05, 4.69) is 204 Å². The quantitative estimate of drug-likeness (QED) is 0.0323. The summed E-state index contributed by atoms with van der Waals surface area (Å²) >= 11 is 0. The molecule has 1 aliphatic carbocycles. The summed E-state index contributed by atoms with van der Waals surface area (Å²) in [6, 6.07) is 82.2. The van der Waals surface area contributed by atoms with Gasteiger partial charge < -0.3 is 40.4 Å². The molecule has 3 fully saturated rings. The van der Waals surface area contributed by atoms with Crippen molar-refractivity contribution in [3.63, 3.8) is 0 Å². The summed E-state index contributed by atoms with van der Waals surface area (Å²) in [5, 5.41) is 59.1. The van der Waals surface area contributed by atoms with Gasteiger partial charge in [0.05, 0.1) is 0 Å². The van der Waals surface area contributed by atoms with Gasteiger partial charge in [0, 0.05) is 115 Å². The molecule has 0 radical (unpaired) electrons. The predicted molar refractivity (Wildman–Crippen MR) is 425 cm³/mol.